The largest absolute Gasteiger partial charge is 0.491 e. The van der Waals surface area contributed by atoms with E-state index in [0.717, 1.165) is 36.0 Å². The van der Waals surface area contributed by atoms with Gasteiger partial charge >= 0.3 is 0 Å². The summed E-state index contributed by atoms with van der Waals surface area (Å²) in [4.78, 5) is 4.44. The molecule has 1 aromatic rings. The van der Waals surface area contributed by atoms with E-state index in [-0.39, 0.29) is 0 Å². The van der Waals surface area contributed by atoms with E-state index < -0.39 is 0 Å². The number of benzene rings is 1. The molecular weight excluding hydrogens is 278 g/mol. The fourth-order valence-corrected chi connectivity index (χ4v) is 2.06. The molecule has 0 radical (unpaired) electrons. The minimum Gasteiger partial charge on any atom is -0.491 e. The Kier molecular flexibility index (Phi) is 9.07. The maximum Gasteiger partial charge on any atom is 0.191 e. The highest BCUT2D eigenvalue weighted by Crippen LogP contribution is 2.21. The van der Waals surface area contributed by atoms with Crippen molar-refractivity contribution in [1.29, 1.82) is 0 Å². The third kappa shape index (κ3) is 6.80. The van der Waals surface area contributed by atoms with Crippen molar-refractivity contribution in [3.05, 3.63) is 29.3 Å². The van der Waals surface area contributed by atoms with Gasteiger partial charge in [0.15, 0.2) is 5.96 Å². The number of ether oxygens (including phenoxy) is 2. The van der Waals surface area contributed by atoms with Crippen LogP contribution in [0, 0.1) is 13.8 Å². The minimum atomic E-state index is 0.599. The lowest BCUT2D eigenvalue weighted by Crippen LogP contribution is -2.39. The first kappa shape index (κ1) is 18.3. The van der Waals surface area contributed by atoms with Gasteiger partial charge in [0.25, 0.3) is 0 Å². The SMILES string of the molecule is CCNC(=NCCOCC)NCCOc1c(C)cccc1C. The minimum absolute atomic E-state index is 0.599. The van der Waals surface area contributed by atoms with Crippen LogP contribution in [0.15, 0.2) is 23.2 Å². The summed E-state index contributed by atoms with van der Waals surface area (Å²) in [6.07, 6.45) is 0. The highest BCUT2D eigenvalue weighted by atomic mass is 16.5. The second-order valence-corrected chi connectivity index (χ2v) is 4.95. The molecule has 2 N–H and O–H groups in total. The second-order valence-electron chi connectivity index (χ2n) is 4.95. The predicted molar refractivity (Wildman–Crippen MR) is 91.9 cm³/mol. The number of rotatable bonds is 9. The average Bonchev–Trinajstić information content (AvgIpc) is 2.50. The van der Waals surface area contributed by atoms with Crippen LogP contribution in [0.25, 0.3) is 0 Å². The summed E-state index contributed by atoms with van der Waals surface area (Å²) in [7, 11) is 0. The maximum absolute atomic E-state index is 5.87. The quantitative estimate of drug-likeness (QED) is 0.417. The van der Waals surface area contributed by atoms with Gasteiger partial charge in [0.1, 0.15) is 12.4 Å². The molecule has 1 rings (SSSR count). The highest BCUT2D eigenvalue weighted by molar-refractivity contribution is 5.79. The van der Waals surface area contributed by atoms with E-state index in [2.05, 4.69) is 41.6 Å². The number of hydrogen-bond acceptors (Lipinski definition) is 3. The van der Waals surface area contributed by atoms with Crippen molar-refractivity contribution in [2.45, 2.75) is 27.7 Å². The summed E-state index contributed by atoms with van der Waals surface area (Å²) in [5.41, 5.74) is 2.33. The highest BCUT2D eigenvalue weighted by Gasteiger charge is 2.03. The van der Waals surface area contributed by atoms with Gasteiger partial charge in [-0.3, -0.25) is 4.99 Å². The lowest BCUT2D eigenvalue weighted by molar-refractivity contribution is 0.155. The zero-order valence-electron chi connectivity index (χ0n) is 14.2. The molecule has 5 nitrogen and oxygen atoms in total. The summed E-state index contributed by atoms with van der Waals surface area (Å²) in [5, 5.41) is 6.47. The number of nitrogens with zero attached hydrogens (tertiary/aromatic N) is 1. The van der Waals surface area contributed by atoms with Crippen molar-refractivity contribution in [2.24, 2.45) is 4.99 Å². The lowest BCUT2D eigenvalue weighted by atomic mass is 10.1. The Labute approximate surface area is 134 Å². The predicted octanol–water partition coefficient (Wildman–Crippen LogP) is 2.27. The van der Waals surface area contributed by atoms with Gasteiger partial charge in [-0.05, 0) is 38.8 Å². The van der Waals surface area contributed by atoms with Gasteiger partial charge < -0.3 is 20.1 Å². The molecule has 0 heterocycles. The van der Waals surface area contributed by atoms with Crippen LogP contribution in [0.4, 0.5) is 0 Å². The zero-order valence-corrected chi connectivity index (χ0v) is 14.2. The second kappa shape index (κ2) is 10.9. The van der Waals surface area contributed by atoms with Crippen LogP contribution in [-0.4, -0.2) is 45.4 Å². The van der Waals surface area contributed by atoms with Crippen LogP contribution in [-0.2, 0) is 4.74 Å². The Morgan fingerprint density at radius 2 is 1.82 bits per heavy atom. The number of aryl methyl sites for hydroxylation is 2. The van der Waals surface area contributed by atoms with E-state index >= 15 is 0 Å². The summed E-state index contributed by atoms with van der Waals surface area (Å²) < 4.78 is 11.2. The molecule has 0 saturated heterocycles. The molecule has 0 aliphatic rings. The molecule has 0 fully saturated rings. The van der Waals surface area contributed by atoms with Crippen molar-refractivity contribution >= 4 is 5.96 Å². The molecule has 1 aromatic carbocycles. The Morgan fingerprint density at radius 3 is 2.45 bits per heavy atom. The summed E-state index contributed by atoms with van der Waals surface area (Å²) >= 11 is 0. The van der Waals surface area contributed by atoms with Gasteiger partial charge in [0, 0.05) is 13.2 Å². The van der Waals surface area contributed by atoms with Gasteiger partial charge in [-0.2, -0.15) is 0 Å². The fourth-order valence-electron chi connectivity index (χ4n) is 2.06. The van der Waals surface area contributed by atoms with Crippen LogP contribution in [0.5, 0.6) is 5.75 Å². The van der Waals surface area contributed by atoms with Gasteiger partial charge in [-0.1, -0.05) is 18.2 Å². The molecule has 0 atom stereocenters. The number of para-hydroxylation sites is 1. The molecule has 22 heavy (non-hydrogen) atoms. The van der Waals surface area contributed by atoms with Crippen molar-refractivity contribution in [2.75, 3.05) is 39.5 Å². The average molecular weight is 307 g/mol. The molecule has 0 amide bonds. The third-order valence-corrected chi connectivity index (χ3v) is 3.10. The first-order valence-corrected chi connectivity index (χ1v) is 7.98. The van der Waals surface area contributed by atoms with Gasteiger partial charge in [0.2, 0.25) is 0 Å². The number of nitrogens with one attached hydrogen (secondary N) is 2. The van der Waals surface area contributed by atoms with Crippen molar-refractivity contribution in [1.82, 2.24) is 10.6 Å². The first-order valence-electron chi connectivity index (χ1n) is 7.98. The smallest absolute Gasteiger partial charge is 0.191 e. The van der Waals surface area contributed by atoms with E-state index in [1.165, 1.54) is 0 Å². The molecule has 0 bridgehead atoms. The molecular formula is C17H29N3O2. The topological polar surface area (TPSA) is 54.9 Å². The van der Waals surface area contributed by atoms with E-state index in [0.29, 0.717) is 26.3 Å². The first-order chi connectivity index (χ1) is 10.7. The Morgan fingerprint density at radius 1 is 1.09 bits per heavy atom. The van der Waals surface area contributed by atoms with E-state index in [4.69, 9.17) is 9.47 Å². The van der Waals surface area contributed by atoms with Gasteiger partial charge in [0.05, 0.1) is 19.7 Å². The van der Waals surface area contributed by atoms with Crippen LogP contribution in [0.1, 0.15) is 25.0 Å². The Balaban J connectivity index is 2.36. The van der Waals surface area contributed by atoms with E-state index in [1.54, 1.807) is 0 Å². The van der Waals surface area contributed by atoms with Crippen LogP contribution < -0.4 is 15.4 Å². The third-order valence-electron chi connectivity index (χ3n) is 3.10. The standard InChI is InChI=1S/C17H29N3O2/c1-5-18-17(19-10-12-21-6-2)20-11-13-22-16-14(3)8-7-9-15(16)4/h7-9H,5-6,10-13H2,1-4H3,(H2,18,19,20). The van der Waals surface area contributed by atoms with E-state index in [1.807, 2.05) is 19.9 Å². The molecule has 0 spiro atoms. The molecule has 124 valence electrons. The number of aliphatic imine (C=N–C) groups is 1. The van der Waals surface area contributed by atoms with Crippen molar-refractivity contribution in [3.8, 4) is 5.75 Å². The summed E-state index contributed by atoms with van der Waals surface area (Å²) in [6.45, 7) is 12.3. The molecule has 0 aliphatic heterocycles. The maximum atomic E-state index is 5.87. The van der Waals surface area contributed by atoms with Crippen LogP contribution >= 0.6 is 0 Å². The van der Waals surface area contributed by atoms with Crippen LogP contribution in [0.2, 0.25) is 0 Å². The monoisotopic (exact) mass is 307 g/mol. The molecule has 0 unspecified atom stereocenters. The van der Waals surface area contributed by atoms with Gasteiger partial charge in [-0.15, -0.1) is 0 Å². The van der Waals surface area contributed by atoms with Crippen molar-refractivity contribution < 1.29 is 9.47 Å². The summed E-state index contributed by atoms with van der Waals surface area (Å²) in [5.74, 6) is 1.77. The molecule has 5 heteroatoms. The number of hydrogen-bond donors (Lipinski definition) is 2. The Hall–Kier alpha value is -1.75. The van der Waals surface area contributed by atoms with Crippen molar-refractivity contribution in [3.63, 3.8) is 0 Å². The summed E-state index contributed by atoms with van der Waals surface area (Å²) in [6, 6.07) is 6.17. The number of guanidine groups is 1. The normalized spacial score (nSPS) is 11.4. The zero-order chi connectivity index (χ0) is 16.2. The molecule has 0 aromatic heterocycles. The lowest BCUT2D eigenvalue weighted by Gasteiger charge is -2.14. The molecule has 0 aliphatic carbocycles. The fraction of sp³-hybridized carbons (Fsp3) is 0.588. The van der Waals surface area contributed by atoms with E-state index in [9.17, 15) is 0 Å². The Bertz CT molecular complexity index is 441. The van der Waals surface area contributed by atoms with Gasteiger partial charge in [-0.25, -0.2) is 0 Å². The van der Waals surface area contributed by atoms with Crippen LogP contribution in [0.3, 0.4) is 0 Å². The molecule has 0 saturated carbocycles.